The average Bonchev–Trinajstić information content (AvgIpc) is 3.55. The van der Waals surface area contributed by atoms with E-state index in [0.29, 0.717) is 5.69 Å². The van der Waals surface area contributed by atoms with Crippen molar-refractivity contribution in [2.75, 3.05) is 19.0 Å². The number of nitro benzene ring substituents is 1. The minimum Gasteiger partial charge on any atom is -0.493 e. The number of nitrogens with one attached hydrogen (secondary N) is 1. The molecular weight excluding hydrogens is 468 g/mol. The summed E-state index contributed by atoms with van der Waals surface area (Å²) in [5.41, 5.74) is 0.318. The first kappa shape index (κ1) is 23.2. The standard InChI is InChI=1S/C25H22N4O7/c1-35-19-10-14(12-26-28-24(31)21-15-7-8-16(11-15)22(21)25(28)32)9-18(29(33)34)23(19)36-13-20(30)27-17-5-3-2-4-6-17/h2-10,12,15-16,21-22H,11,13H2,1H3,(H,27,30)/t15-,16-,21-,22+/m0/s1. The molecule has 2 fully saturated rings. The molecule has 11 nitrogen and oxygen atoms in total. The number of methoxy groups -OCH3 is 1. The van der Waals surface area contributed by atoms with Gasteiger partial charge >= 0.3 is 5.69 Å². The van der Waals surface area contributed by atoms with Crippen LogP contribution in [0.5, 0.6) is 11.5 Å². The first-order chi connectivity index (χ1) is 17.4. The molecule has 4 atom stereocenters. The van der Waals surface area contributed by atoms with Crippen molar-refractivity contribution in [2.24, 2.45) is 28.8 Å². The van der Waals surface area contributed by atoms with Crippen LogP contribution < -0.4 is 14.8 Å². The number of nitro groups is 1. The first-order valence-electron chi connectivity index (χ1n) is 11.3. The van der Waals surface area contributed by atoms with Gasteiger partial charge in [-0.15, -0.1) is 0 Å². The number of hydrogen-bond donors (Lipinski definition) is 1. The number of nitrogens with zero attached hydrogens (tertiary/aromatic N) is 3. The van der Waals surface area contributed by atoms with Gasteiger partial charge in [-0.25, -0.2) is 0 Å². The number of anilines is 1. The number of fused-ring (bicyclic) bond motifs is 5. The maximum absolute atomic E-state index is 12.8. The lowest BCUT2D eigenvalue weighted by atomic mass is 9.85. The molecule has 36 heavy (non-hydrogen) atoms. The SMILES string of the molecule is COc1cc(C=NN2C(=O)[C@@H]3[C@H](C2=O)[C@H]2C=C[C@H]3C2)cc([N+](=O)[O-])c1OCC(=O)Nc1ccccc1. The van der Waals surface area contributed by atoms with Crippen LogP contribution in [-0.4, -0.2) is 47.6 Å². The Labute approximate surface area is 205 Å². The lowest BCUT2D eigenvalue weighted by molar-refractivity contribution is -0.385. The van der Waals surface area contributed by atoms with E-state index in [0.717, 1.165) is 11.4 Å². The maximum atomic E-state index is 12.8. The van der Waals surface area contributed by atoms with Gasteiger partial charge in [0.25, 0.3) is 17.7 Å². The Kier molecular flexibility index (Phi) is 5.96. The van der Waals surface area contributed by atoms with E-state index in [1.807, 2.05) is 12.2 Å². The molecule has 3 amide bonds. The molecule has 1 saturated carbocycles. The monoisotopic (exact) mass is 490 g/mol. The molecule has 1 heterocycles. The molecule has 2 aromatic carbocycles. The van der Waals surface area contributed by atoms with E-state index < -0.39 is 35.0 Å². The number of ether oxygens (including phenoxy) is 2. The Hall–Kier alpha value is -4.54. The number of allylic oxidation sites excluding steroid dienone is 2. The molecule has 2 bridgehead atoms. The van der Waals surface area contributed by atoms with Crippen molar-refractivity contribution in [3.05, 3.63) is 70.3 Å². The number of carbonyl (C=O) groups is 3. The highest BCUT2D eigenvalue weighted by atomic mass is 16.6. The van der Waals surface area contributed by atoms with Crippen LogP contribution in [0.25, 0.3) is 0 Å². The summed E-state index contributed by atoms with van der Waals surface area (Å²) in [5, 5.41) is 19.3. The van der Waals surface area contributed by atoms with Crippen LogP contribution in [0.1, 0.15) is 12.0 Å². The minimum absolute atomic E-state index is 0.00338. The third kappa shape index (κ3) is 4.08. The summed E-state index contributed by atoms with van der Waals surface area (Å²) in [7, 11) is 1.30. The normalized spacial score (nSPS) is 23.9. The molecule has 2 aromatic rings. The van der Waals surface area contributed by atoms with Crippen molar-refractivity contribution in [1.82, 2.24) is 5.01 Å². The molecule has 2 aliphatic carbocycles. The summed E-state index contributed by atoms with van der Waals surface area (Å²) in [5.74, 6) is -2.15. The van der Waals surface area contributed by atoms with Gasteiger partial charge in [0.2, 0.25) is 5.75 Å². The Bertz CT molecular complexity index is 1280. The van der Waals surface area contributed by atoms with E-state index in [-0.39, 0.29) is 40.7 Å². The van der Waals surface area contributed by atoms with Gasteiger partial charge in [-0.05, 0) is 36.5 Å². The number of rotatable bonds is 8. The van der Waals surface area contributed by atoms with Crippen molar-refractivity contribution in [2.45, 2.75) is 6.42 Å². The summed E-state index contributed by atoms with van der Waals surface area (Å²) in [6.07, 6.45) is 5.97. The molecule has 5 rings (SSSR count). The number of hydrogen-bond acceptors (Lipinski definition) is 8. The van der Waals surface area contributed by atoms with Gasteiger partial charge in [0.05, 0.1) is 30.1 Å². The fourth-order valence-corrected chi connectivity index (χ4v) is 5.10. The largest absolute Gasteiger partial charge is 0.493 e. The van der Waals surface area contributed by atoms with Crippen molar-refractivity contribution >= 4 is 35.3 Å². The topological polar surface area (TPSA) is 140 Å². The quantitative estimate of drug-likeness (QED) is 0.197. The summed E-state index contributed by atoms with van der Waals surface area (Å²) in [4.78, 5) is 48.9. The van der Waals surface area contributed by atoms with Crippen LogP contribution in [0.3, 0.4) is 0 Å². The van der Waals surface area contributed by atoms with Crippen molar-refractivity contribution in [3.8, 4) is 11.5 Å². The smallest absolute Gasteiger partial charge is 0.315 e. The van der Waals surface area contributed by atoms with Gasteiger partial charge in [0.1, 0.15) is 0 Å². The van der Waals surface area contributed by atoms with Crippen LogP contribution in [0, 0.1) is 33.8 Å². The highest BCUT2D eigenvalue weighted by Crippen LogP contribution is 2.52. The first-order valence-corrected chi connectivity index (χ1v) is 11.3. The number of imide groups is 1. The lowest BCUT2D eigenvalue weighted by Gasteiger charge is -2.13. The zero-order valence-electron chi connectivity index (χ0n) is 19.2. The molecule has 0 radical (unpaired) electrons. The zero-order chi connectivity index (χ0) is 25.4. The van der Waals surface area contributed by atoms with E-state index in [1.54, 1.807) is 30.3 Å². The van der Waals surface area contributed by atoms with E-state index in [4.69, 9.17) is 9.47 Å². The predicted octanol–water partition coefficient (Wildman–Crippen LogP) is 2.76. The molecule has 0 aromatic heterocycles. The van der Waals surface area contributed by atoms with Gasteiger partial charge < -0.3 is 14.8 Å². The zero-order valence-corrected chi connectivity index (χ0v) is 19.2. The Morgan fingerprint density at radius 3 is 2.44 bits per heavy atom. The summed E-state index contributed by atoms with van der Waals surface area (Å²) in [6, 6.07) is 11.3. The second kappa shape index (κ2) is 9.25. The number of hydrazone groups is 1. The Balaban J connectivity index is 1.34. The Morgan fingerprint density at radius 2 is 1.83 bits per heavy atom. The molecule has 11 heteroatoms. The molecule has 1 saturated heterocycles. The van der Waals surface area contributed by atoms with Gasteiger partial charge in [0.15, 0.2) is 12.4 Å². The Morgan fingerprint density at radius 1 is 1.17 bits per heavy atom. The molecule has 3 aliphatic rings. The average molecular weight is 490 g/mol. The number of para-hydroxylation sites is 1. The highest BCUT2D eigenvalue weighted by Gasteiger charge is 2.59. The van der Waals surface area contributed by atoms with E-state index in [9.17, 15) is 24.5 Å². The third-order valence-electron chi connectivity index (χ3n) is 6.65. The van der Waals surface area contributed by atoms with Crippen LogP contribution in [0.15, 0.2) is 59.7 Å². The second-order valence-electron chi connectivity index (χ2n) is 8.76. The third-order valence-corrected chi connectivity index (χ3v) is 6.65. The molecular formula is C25H22N4O7. The van der Waals surface area contributed by atoms with Gasteiger partial charge in [0, 0.05) is 17.3 Å². The molecule has 1 N–H and O–H groups in total. The van der Waals surface area contributed by atoms with Gasteiger partial charge in [-0.2, -0.15) is 10.1 Å². The lowest BCUT2D eigenvalue weighted by Crippen LogP contribution is -2.28. The fourth-order valence-electron chi connectivity index (χ4n) is 5.10. The highest BCUT2D eigenvalue weighted by molar-refractivity contribution is 6.06. The summed E-state index contributed by atoms with van der Waals surface area (Å²) >= 11 is 0. The molecule has 0 unspecified atom stereocenters. The number of carbonyl (C=O) groups excluding carboxylic acids is 3. The number of benzene rings is 2. The van der Waals surface area contributed by atoms with Crippen LogP contribution in [0.2, 0.25) is 0 Å². The van der Waals surface area contributed by atoms with Gasteiger partial charge in [-0.3, -0.25) is 24.5 Å². The van der Waals surface area contributed by atoms with Crippen molar-refractivity contribution < 1.29 is 28.8 Å². The van der Waals surface area contributed by atoms with Crippen molar-refractivity contribution in [3.63, 3.8) is 0 Å². The minimum atomic E-state index is -0.676. The van der Waals surface area contributed by atoms with Crippen molar-refractivity contribution in [1.29, 1.82) is 0 Å². The predicted molar refractivity (Wildman–Crippen MR) is 127 cm³/mol. The van der Waals surface area contributed by atoms with Crippen LogP contribution in [0.4, 0.5) is 11.4 Å². The molecule has 184 valence electrons. The van der Waals surface area contributed by atoms with E-state index in [1.165, 1.54) is 25.5 Å². The second-order valence-corrected chi connectivity index (χ2v) is 8.76. The fraction of sp³-hybridized carbons (Fsp3) is 0.280. The molecule has 0 spiro atoms. The van der Waals surface area contributed by atoms with Crippen LogP contribution >= 0.6 is 0 Å². The summed E-state index contributed by atoms with van der Waals surface area (Å²) < 4.78 is 10.7. The summed E-state index contributed by atoms with van der Waals surface area (Å²) in [6.45, 7) is -0.491. The van der Waals surface area contributed by atoms with Gasteiger partial charge in [-0.1, -0.05) is 30.4 Å². The van der Waals surface area contributed by atoms with E-state index >= 15 is 0 Å². The molecule has 1 aliphatic heterocycles. The van der Waals surface area contributed by atoms with Crippen LogP contribution in [-0.2, 0) is 14.4 Å². The number of amides is 3. The van der Waals surface area contributed by atoms with E-state index in [2.05, 4.69) is 10.4 Å². The maximum Gasteiger partial charge on any atom is 0.315 e.